The third kappa shape index (κ3) is 2.85. The van der Waals surface area contributed by atoms with Gasteiger partial charge in [-0.05, 0) is 12.2 Å². The average molecular weight is 151 g/mol. The summed E-state index contributed by atoms with van der Waals surface area (Å²) >= 11 is 0. The first-order chi connectivity index (χ1) is 5.13. The van der Waals surface area contributed by atoms with Gasteiger partial charge in [-0.15, -0.1) is 0 Å². The average Bonchev–Trinajstić information content (AvgIpc) is 1.98. The molecule has 0 aliphatic rings. The quantitative estimate of drug-likeness (QED) is 0.562. The molecule has 0 saturated heterocycles. The van der Waals surface area contributed by atoms with Crippen molar-refractivity contribution in [3.63, 3.8) is 0 Å². The fourth-order valence-corrected chi connectivity index (χ4v) is 0.619. The second kappa shape index (κ2) is 4.50. The van der Waals surface area contributed by atoms with Crippen LogP contribution in [0.25, 0.3) is 0 Å². The summed E-state index contributed by atoms with van der Waals surface area (Å²) in [7, 11) is 1.69. The Bertz CT molecular complexity index is 204. The Balaban J connectivity index is 4.50. The summed E-state index contributed by atoms with van der Waals surface area (Å²) in [6.45, 7) is 8.60. The van der Waals surface area contributed by atoms with E-state index in [9.17, 15) is 4.79 Å². The van der Waals surface area contributed by atoms with E-state index in [1.807, 2.05) is 0 Å². The van der Waals surface area contributed by atoms with Gasteiger partial charge in [0.2, 0.25) is 5.91 Å². The molecule has 0 heterocycles. The molecule has 2 nitrogen and oxygen atoms in total. The summed E-state index contributed by atoms with van der Waals surface area (Å²) in [6, 6.07) is 0. The number of amides is 1. The van der Waals surface area contributed by atoms with Crippen LogP contribution in [0, 0.1) is 0 Å². The van der Waals surface area contributed by atoms with Crippen molar-refractivity contribution in [3.8, 4) is 0 Å². The maximum absolute atomic E-state index is 10.8. The summed E-state index contributed by atoms with van der Waals surface area (Å²) in [5.41, 5.74) is 0.757. The fourth-order valence-electron chi connectivity index (χ4n) is 0.619. The Morgan fingerprint density at radius 3 is 2.27 bits per heavy atom. The first-order valence-corrected chi connectivity index (χ1v) is 3.33. The molecule has 0 aromatic carbocycles. The van der Waals surface area contributed by atoms with Gasteiger partial charge in [-0.25, -0.2) is 0 Å². The predicted octanol–water partition coefficient (Wildman–Crippen LogP) is 1.72. The zero-order chi connectivity index (χ0) is 8.85. The predicted molar refractivity (Wildman–Crippen MR) is 46.9 cm³/mol. The number of hydrogen-bond acceptors (Lipinski definition) is 1. The lowest BCUT2D eigenvalue weighted by Gasteiger charge is -2.14. The fraction of sp³-hybridized carbons (Fsp3) is 0.222. The van der Waals surface area contributed by atoms with Gasteiger partial charge in [0.25, 0.3) is 0 Å². The Morgan fingerprint density at radius 1 is 1.45 bits per heavy atom. The minimum Gasteiger partial charge on any atom is -0.316 e. The zero-order valence-corrected chi connectivity index (χ0v) is 7.00. The SMILES string of the molecule is C=C/C=C(\C=C)N(C)C(C)=O. The first kappa shape index (κ1) is 9.69. The lowest BCUT2D eigenvalue weighted by atomic mass is 10.3. The molecule has 0 aromatic rings. The van der Waals surface area contributed by atoms with Gasteiger partial charge in [0, 0.05) is 19.7 Å². The van der Waals surface area contributed by atoms with Gasteiger partial charge in [-0.2, -0.15) is 0 Å². The number of hydrogen-bond donors (Lipinski definition) is 0. The Hall–Kier alpha value is -1.31. The van der Waals surface area contributed by atoms with E-state index >= 15 is 0 Å². The molecule has 2 heteroatoms. The Kier molecular flexibility index (Phi) is 3.96. The molecule has 0 radical (unpaired) electrons. The molecule has 0 fully saturated rings. The van der Waals surface area contributed by atoms with E-state index in [1.54, 1.807) is 25.3 Å². The standard InChI is InChI=1S/C9H13NO/c1-5-7-9(6-2)10(4)8(3)11/h5-7H,1-2H2,3-4H3/b9-7+. The van der Waals surface area contributed by atoms with Crippen molar-refractivity contribution in [1.82, 2.24) is 4.90 Å². The van der Waals surface area contributed by atoms with Crippen molar-refractivity contribution in [2.45, 2.75) is 6.92 Å². The monoisotopic (exact) mass is 151 g/mol. The molecule has 0 aromatic heterocycles. The minimum atomic E-state index is -0.0157. The summed E-state index contributed by atoms with van der Waals surface area (Å²) < 4.78 is 0. The molecule has 0 spiro atoms. The molecule has 0 N–H and O–H groups in total. The van der Waals surface area contributed by atoms with Crippen molar-refractivity contribution >= 4 is 5.91 Å². The topological polar surface area (TPSA) is 20.3 Å². The third-order valence-corrected chi connectivity index (χ3v) is 1.36. The van der Waals surface area contributed by atoms with E-state index in [0.29, 0.717) is 0 Å². The van der Waals surface area contributed by atoms with Crippen LogP contribution in [0.3, 0.4) is 0 Å². The number of rotatable bonds is 3. The van der Waals surface area contributed by atoms with Gasteiger partial charge in [0.1, 0.15) is 0 Å². The highest BCUT2D eigenvalue weighted by atomic mass is 16.2. The van der Waals surface area contributed by atoms with E-state index in [-0.39, 0.29) is 5.91 Å². The van der Waals surface area contributed by atoms with Crippen LogP contribution in [-0.4, -0.2) is 17.9 Å². The molecule has 60 valence electrons. The van der Waals surface area contributed by atoms with Crippen LogP contribution in [0.1, 0.15) is 6.92 Å². The molecule has 0 aliphatic heterocycles. The molecule has 11 heavy (non-hydrogen) atoms. The van der Waals surface area contributed by atoms with E-state index in [4.69, 9.17) is 0 Å². The molecular weight excluding hydrogens is 138 g/mol. The zero-order valence-electron chi connectivity index (χ0n) is 7.00. The van der Waals surface area contributed by atoms with Crippen molar-refractivity contribution in [2.24, 2.45) is 0 Å². The number of likely N-dealkylation sites (N-methyl/N-ethyl adjacent to an activating group) is 1. The van der Waals surface area contributed by atoms with Gasteiger partial charge >= 0.3 is 0 Å². The van der Waals surface area contributed by atoms with Gasteiger partial charge in [-0.3, -0.25) is 4.79 Å². The molecule has 0 saturated carbocycles. The highest BCUT2D eigenvalue weighted by Gasteiger charge is 2.02. The van der Waals surface area contributed by atoms with Crippen molar-refractivity contribution in [3.05, 3.63) is 37.1 Å². The molecule has 0 bridgehead atoms. The van der Waals surface area contributed by atoms with Gasteiger partial charge in [0.05, 0.1) is 0 Å². The van der Waals surface area contributed by atoms with Gasteiger partial charge < -0.3 is 4.90 Å². The van der Waals surface area contributed by atoms with E-state index < -0.39 is 0 Å². The maximum Gasteiger partial charge on any atom is 0.223 e. The molecular formula is C9H13NO. The summed E-state index contributed by atoms with van der Waals surface area (Å²) in [4.78, 5) is 12.3. The van der Waals surface area contributed by atoms with Crippen molar-refractivity contribution in [2.75, 3.05) is 7.05 Å². The van der Waals surface area contributed by atoms with Crippen LogP contribution >= 0.6 is 0 Å². The van der Waals surface area contributed by atoms with E-state index in [1.165, 1.54) is 11.8 Å². The van der Waals surface area contributed by atoms with Crippen LogP contribution < -0.4 is 0 Å². The largest absolute Gasteiger partial charge is 0.316 e. The molecule has 1 amide bonds. The van der Waals surface area contributed by atoms with E-state index in [0.717, 1.165) is 5.70 Å². The molecule has 0 aliphatic carbocycles. The lowest BCUT2D eigenvalue weighted by molar-refractivity contribution is -0.125. The summed E-state index contributed by atoms with van der Waals surface area (Å²) in [5.74, 6) is -0.0157. The normalized spacial score (nSPS) is 10.5. The van der Waals surface area contributed by atoms with Crippen LogP contribution in [-0.2, 0) is 4.79 Å². The Labute approximate surface area is 67.5 Å². The van der Waals surface area contributed by atoms with E-state index in [2.05, 4.69) is 13.2 Å². The maximum atomic E-state index is 10.8. The number of allylic oxidation sites excluding steroid dienone is 3. The van der Waals surface area contributed by atoms with Gasteiger partial charge in [-0.1, -0.05) is 19.2 Å². The highest BCUT2D eigenvalue weighted by molar-refractivity contribution is 5.75. The Morgan fingerprint density at radius 2 is 2.00 bits per heavy atom. The number of carbonyl (C=O) groups excluding carboxylic acids is 1. The number of carbonyl (C=O) groups is 1. The number of nitrogens with zero attached hydrogens (tertiary/aromatic N) is 1. The first-order valence-electron chi connectivity index (χ1n) is 3.33. The van der Waals surface area contributed by atoms with Gasteiger partial charge in [0.15, 0.2) is 0 Å². The van der Waals surface area contributed by atoms with Crippen LogP contribution in [0.15, 0.2) is 37.1 Å². The molecule has 0 atom stereocenters. The summed E-state index contributed by atoms with van der Waals surface area (Å²) in [5, 5.41) is 0. The van der Waals surface area contributed by atoms with Crippen molar-refractivity contribution in [1.29, 1.82) is 0 Å². The second-order valence-corrected chi connectivity index (χ2v) is 2.11. The van der Waals surface area contributed by atoms with Crippen LogP contribution in [0.5, 0.6) is 0 Å². The van der Waals surface area contributed by atoms with Crippen molar-refractivity contribution < 1.29 is 4.79 Å². The van der Waals surface area contributed by atoms with Crippen LogP contribution in [0.2, 0.25) is 0 Å². The molecule has 0 rings (SSSR count). The lowest BCUT2D eigenvalue weighted by Crippen LogP contribution is -2.21. The highest BCUT2D eigenvalue weighted by Crippen LogP contribution is 2.02. The van der Waals surface area contributed by atoms with Crippen LogP contribution in [0.4, 0.5) is 0 Å². The smallest absolute Gasteiger partial charge is 0.223 e. The third-order valence-electron chi connectivity index (χ3n) is 1.36. The summed E-state index contributed by atoms with van der Waals surface area (Å²) in [6.07, 6.45) is 4.97. The minimum absolute atomic E-state index is 0.0157. The second-order valence-electron chi connectivity index (χ2n) is 2.11. The molecule has 0 unspecified atom stereocenters.